The number of nitrogens with zero attached hydrogens (tertiary/aromatic N) is 2. The van der Waals surface area contributed by atoms with Gasteiger partial charge in [0.2, 0.25) is 0 Å². The van der Waals surface area contributed by atoms with E-state index in [1.165, 1.54) is 0 Å². The van der Waals surface area contributed by atoms with Crippen LogP contribution in [0, 0.1) is 0 Å². The molecular weight excluding hydrogens is 190 g/mol. The molecule has 0 spiro atoms. The molecule has 4 heteroatoms. The maximum atomic E-state index is 5.43. The average molecular weight is 209 g/mol. The third-order valence-electron chi connectivity index (χ3n) is 2.03. The van der Waals surface area contributed by atoms with E-state index in [0.29, 0.717) is 6.10 Å². The molecule has 0 radical (unpaired) electrons. The van der Waals surface area contributed by atoms with Crippen molar-refractivity contribution in [1.82, 2.24) is 15.3 Å². The third kappa shape index (κ3) is 4.85. The standard InChI is InChI=1S/C11H19N3O/c1-9(2)15-7-6-13-10(3)11-8-12-4-5-14-11/h4-5,8-10,13H,6-7H2,1-3H3. The van der Waals surface area contributed by atoms with Crippen LogP contribution < -0.4 is 5.32 Å². The monoisotopic (exact) mass is 209 g/mol. The number of nitrogens with one attached hydrogen (secondary N) is 1. The first kappa shape index (κ1) is 12.1. The summed E-state index contributed by atoms with van der Waals surface area (Å²) in [5.41, 5.74) is 0.960. The van der Waals surface area contributed by atoms with Crippen LogP contribution in [0.15, 0.2) is 18.6 Å². The molecule has 15 heavy (non-hydrogen) atoms. The highest BCUT2D eigenvalue weighted by molar-refractivity contribution is 5.00. The normalized spacial score (nSPS) is 13.1. The molecule has 0 aromatic carbocycles. The molecule has 1 heterocycles. The zero-order valence-corrected chi connectivity index (χ0v) is 9.60. The van der Waals surface area contributed by atoms with Crippen LogP contribution in [-0.2, 0) is 4.74 Å². The van der Waals surface area contributed by atoms with Gasteiger partial charge in [-0.15, -0.1) is 0 Å². The summed E-state index contributed by atoms with van der Waals surface area (Å²) in [6.45, 7) is 7.69. The molecule has 1 N–H and O–H groups in total. The summed E-state index contributed by atoms with van der Waals surface area (Å²) in [5, 5.41) is 3.33. The Kier molecular flexibility index (Phi) is 5.21. The van der Waals surface area contributed by atoms with Crippen molar-refractivity contribution in [1.29, 1.82) is 0 Å². The number of hydrogen-bond acceptors (Lipinski definition) is 4. The largest absolute Gasteiger partial charge is 0.377 e. The molecule has 1 rings (SSSR count). The molecule has 0 saturated heterocycles. The van der Waals surface area contributed by atoms with Crippen LogP contribution in [0.1, 0.15) is 32.5 Å². The van der Waals surface area contributed by atoms with Crippen molar-refractivity contribution >= 4 is 0 Å². The van der Waals surface area contributed by atoms with Crippen molar-refractivity contribution in [3.8, 4) is 0 Å². The van der Waals surface area contributed by atoms with Crippen molar-refractivity contribution in [2.24, 2.45) is 0 Å². The topological polar surface area (TPSA) is 47.0 Å². The predicted octanol–water partition coefficient (Wildman–Crippen LogP) is 1.55. The summed E-state index contributed by atoms with van der Waals surface area (Å²) >= 11 is 0. The molecule has 1 atom stereocenters. The summed E-state index contributed by atoms with van der Waals surface area (Å²) < 4.78 is 5.43. The molecule has 0 saturated carbocycles. The zero-order chi connectivity index (χ0) is 11.1. The first-order valence-electron chi connectivity index (χ1n) is 5.31. The lowest BCUT2D eigenvalue weighted by Crippen LogP contribution is -2.25. The molecule has 0 fully saturated rings. The smallest absolute Gasteiger partial charge is 0.0753 e. The van der Waals surface area contributed by atoms with Gasteiger partial charge in [0.15, 0.2) is 0 Å². The van der Waals surface area contributed by atoms with Gasteiger partial charge >= 0.3 is 0 Å². The van der Waals surface area contributed by atoms with Crippen LogP contribution in [0.3, 0.4) is 0 Å². The van der Waals surface area contributed by atoms with E-state index in [2.05, 4.69) is 22.2 Å². The quantitative estimate of drug-likeness (QED) is 0.722. The van der Waals surface area contributed by atoms with E-state index in [1.54, 1.807) is 18.6 Å². The Bertz CT molecular complexity index is 264. The van der Waals surface area contributed by atoms with Gasteiger partial charge in [-0.1, -0.05) is 0 Å². The molecular formula is C11H19N3O. The predicted molar refractivity (Wildman–Crippen MR) is 59.5 cm³/mol. The SMILES string of the molecule is CC(C)OCCNC(C)c1cnccn1. The van der Waals surface area contributed by atoms with E-state index < -0.39 is 0 Å². The second-order valence-corrected chi connectivity index (χ2v) is 3.73. The fourth-order valence-electron chi connectivity index (χ4n) is 1.21. The summed E-state index contributed by atoms with van der Waals surface area (Å²) in [6, 6.07) is 0.217. The van der Waals surface area contributed by atoms with Crippen LogP contribution in [0.25, 0.3) is 0 Å². The highest BCUT2D eigenvalue weighted by Crippen LogP contribution is 2.05. The second kappa shape index (κ2) is 6.48. The summed E-state index contributed by atoms with van der Waals surface area (Å²) in [7, 11) is 0. The van der Waals surface area contributed by atoms with Crippen LogP contribution in [-0.4, -0.2) is 29.2 Å². The Morgan fingerprint density at radius 1 is 1.33 bits per heavy atom. The average Bonchev–Trinajstić information content (AvgIpc) is 2.25. The van der Waals surface area contributed by atoms with E-state index in [-0.39, 0.29) is 6.04 Å². The van der Waals surface area contributed by atoms with Gasteiger partial charge in [-0.05, 0) is 20.8 Å². The number of aromatic nitrogens is 2. The van der Waals surface area contributed by atoms with Crippen LogP contribution in [0.4, 0.5) is 0 Å². The van der Waals surface area contributed by atoms with Crippen LogP contribution in [0.2, 0.25) is 0 Å². The third-order valence-corrected chi connectivity index (χ3v) is 2.03. The number of hydrogen-bond donors (Lipinski definition) is 1. The van der Waals surface area contributed by atoms with Gasteiger partial charge in [0, 0.05) is 31.2 Å². The molecule has 0 amide bonds. The molecule has 0 aliphatic heterocycles. The number of rotatable bonds is 6. The van der Waals surface area contributed by atoms with Gasteiger partial charge in [0.25, 0.3) is 0 Å². The van der Waals surface area contributed by atoms with Gasteiger partial charge in [0.1, 0.15) is 0 Å². The molecule has 1 aromatic heterocycles. The van der Waals surface area contributed by atoms with Crippen molar-refractivity contribution in [3.63, 3.8) is 0 Å². The lowest BCUT2D eigenvalue weighted by molar-refractivity contribution is 0.0795. The molecule has 0 bridgehead atoms. The van der Waals surface area contributed by atoms with E-state index in [1.807, 2.05) is 13.8 Å². The minimum Gasteiger partial charge on any atom is -0.377 e. The van der Waals surface area contributed by atoms with Crippen LogP contribution >= 0.6 is 0 Å². The lowest BCUT2D eigenvalue weighted by atomic mass is 10.2. The molecule has 0 aliphatic rings. The van der Waals surface area contributed by atoms with Crippen molar-refractivity contribution in [3.05, 3.63) is 24.3 Å². The Morgan fingerprint density at radius 2 is 2.13 bits per heavy atom. The maximum Gasteiger partial charge on any atom is 0.0753 e. The van der Waals surface area contributed by atoms with Crippen molar-refractivity contribution in [2.75, 3.05) is 13.2 Å². The van der Waals surface area contributed by atoms with Gasteiger partial charge in [-0.25, -0.2) is 0 Å². The van der Waals surface area contributed by atoms with Crippen molar-refractivity contribution in [2.45, 2.75) is 32.9 Å². The minimum absolute atomic E-state index is 0.217. The Balaban J connectivity index is 2.22. The van der Waals surface area contributed by atoms with E-state index in [9.17, 15) is 0 Å². The first-order valence-corrected chi connectivity index (χ1v) is 5.31. The van der Waals surface area contributed by atoms with Gasteiger partial charge in [0.05, 0.1) is 18.4 Å². The summed E-state index contributed by atoms with van der Waals surface area (Å²) in [6.07, 6.45) is 5.45. The molecule has 1 unspecified atom stereocenters. The maximum absolute atomic E-state index is 5.43. The van der Waals surface area contributed by atoms with Gasteiger partial charge in [-0.2, -0.15) is 0 Å². The van der Waals surface area contributed by atoms with E-state index >= 15 is 0 Å². The second-order valence-electron chi connectivity index (χ2n) is 3.73. The highest BCUT2D eigenvalue weighted by atomic mass is 16.5. The highest BCUT2D eigenvalue weighted by Gasteiger charge is 2.05. The summed E-state index contributed by atoms with van der Waals surface area (Å²) in [4.78, 5) is 8.26. The lowest BCUT2D eigenvalue weighted by Gasteiger charge is -2.13. The van der Waals surface area contributed by atoms with E-state index in [4.69, 9.17) is 4.74 Å². The van der Waals surface area contributed by atoms with E-state index in [0.717, 1.165) is 18.8 Å². The fourth-order valence-corrected chi connectivity index (χ4v) is 1.21. The molecule has 84 valence electrons. The zero-order valence-electron chi connectivity index (χ0n) is 9.60. The Hall–Kier alpha value is -1.00. The minimum atomic E-state index is 0.217. The Labute approximate surface area is 91.1 Å². The van der Waals surface area contributed by atoms with Gasteiger partial charge < -0.3 is 10.1 Å². The Morgan fingerprint density at radius 3 is 2.73 bits per heavy atom. The fraction of sp³-hybridized carbons (Fsp3) is 0.636. The number of ether oxygens (including phenoxy) is 1. The molecule has 0 aliphatic carbocycles. The first-order chi connectivity index (χ1) is 7.20. The molecule has 4 nitrogen and oxygen atoms in total. The molecule has 1 aromatic rings. The van der Waals surface area contributed by atoms with Crippen molar-refractivity contribution < 1.29 is 4.74 Å². The van der Waals surface area contributed by atoms with Gasteiger partial charge in [-0.3, -0.25) is 9.97 Å². The van der Waals surface area contributed by atoms with Crippen LogP contribution in [0.5, 0.6) is 0 Å². The summed E-state index contributed by atoms with van der Waals surface area (Å²) in [5.74, 6) is 0.